The number of rotatable bonds is 4. The molecule has 1 fully saturated rings. The molecule has 2 atom stereocenters. The van der Waals surface area contributed by atoms with Crippen molar-refractivity contribution >= 4 is 34.9 Å². The van der Waals surface area contributed by atoms with Crippen LogP contribution in [0.1, 0.15) is 12.8 Å². The molecule has 5 nitrogen and oxygen atoms in total. The number of esters is 1. The van der Waals surface area contributed by atoms with Crippen molar-refractivity contribution in [1.82, 2.24) is 4.67 Å². The van der Waals surface area contributed by atoms with Crippen LogP contribution in [-0.4, -0.2) is 30.3 Å². The van der Waals surface area contributed by atoms with E-state index in [0.29, 0.717) is 18.7 Å². The lowest BCUT2D eigenvalue weighted by molar-refractivity contribution is -0.144. The Kier molecular flexibility index (Phi) is 4.62. The molecule has 0 radical (unpaired) electrons. The van der Waals surface area contributed by atoms with Crippen LogP contribution >= 0.6 is 18.1 Å². The molecular weight excluding hydrogens is 337 g/mol. The van der Waals surface area contributed by atoms with Gasteiger partial charge in [-0.05, 0) is 24.3 Å². The number of carbonyl (C=O) groups is 1. The number of halogens is 1. The second-order valence-electron chi connectivity index (χ2n) is 5.36. The van der Waals surface area contributed by atoms with Crippen LogP contribution in [0.15, 0.2) is 42.5 Å². The van der Waals surface area contributed by atoms with Gasteiger partial charge in [-0.15, -0.1) is 0 Å². The Morgan fingerprint density at radius 1 is 1.26 bits per heavy atom. The first-order valence-electron chi connectivity index (χ1n) is 7.35. The topological polar surface area (TPSA) is 55.8 Å². The molecule has 23 heavy (non-hydrogen) atoms. The third kappa shape index (κ3) is 3.23. The predicted molar refractivity (Wildman–Crippen MR) is 89.8 cm³/mol. The summed E-state index contributed by atoms with van der Waals surface area (Å²) in [5.74, 6) is 0.00171. The standard InChI is InChI=1S/C16H17ClNO4P/c1-21-16(19)14-9-5-11-18(14)23(17,20)22-15-10-4-7-12-6-2-3-8-13(12)15/h2-4,6-8,10,14H,5,9,11H2,1H3/t14-,23?/m0/s1. The summed E-state index contributed by atoms with van der Waals surface area (Å²) in [6, 6.07) is 12.5. The number of carbonyl (C=O) groups excluding carboxylic acids is 1. The second kappa shape index (κ2) is 6.52. The van der Waals surface area contributed by atoms with Crippen molar-refractivity contribution in [2.24, 2.45) is 0 Å². The van der Waals surface area contributed by atoms with Gasteiger partial charge in [0.25, 0.3) is 0 Å². The second-order valence-corrected chi connectivity index (χ2v) is 8.25. The van der Waals surface area contributed by atoms with E-state index in [2.05, 4.69) is 0 Å². The molecule has 1 unspecified atom stereocenters. The van der Waals surface area contributed by atoms with Crippen LogP contribution in [-0.2, 0) is 14.1 Å². The van der Waals surface area contributed by atoms with Crippen LogP contribution in [0, 0.1) is 0 Å². The molecule has 0 aliphatic carbocycles. The first kappa shape index (κ1) is 16.3. The van der Waals surface area contributed by atoms with Crippen molar-refractivity contribution in [1.29, 1.82) is 0 Å². The summed E-state index contributed by atoms with van der Waals surface area (Å²) in [6.45, 7) is -3.25. The Morgan fingerprint density at radius 3 is 2.78 bits per heavy atom. The molecule has 1 heterocycles. The number of hydrogen-bond donors (Lipinski definition) is 0. The van der Waals surface area contributed by atoms with Crippen molar-refractivity contribution in [3.8, 4) is 5.75 Å². The van der Waals surface area contributed by atoms with Gasteiger partial charge in [-0.25, -0.2) is 4.57 Å². The minimum absolute atomic E-state index is 0.436. The van der Waals surface area contributed by atoms with Crippen LogP contribution in [0.2, 0.25) is 0 Å². The third-order valence-electron chi connectivity index (χ3n) is 3.97. The van der Waals surface area contributed by atoms with Crippen LogP contribution in [0.4, 0.5) is 0 Å². The van der Waals surface area contributed by atoms with Gasteiger partial charge in [0.2, 0.25) is 0 Å². The number of benzene rings is 2. The Balaban J connectivity index is 1.91. The van der Waals surface area contributed by atoms with Crippen molar-refractivity contribution in [2.45, 2.75) is 18.9 Å². The van der Waals surface area contributed by atoms with Crippen molar-refractivity contribution in [3.63, 3.8) is 0 Å². The van der Waals surface area contributed by atoms with E-state index in [1.165, 1.54) is 11.8 Å². The average molecular weight is 354 g/mol. The fraction of sp³-hybridized carbons (Fsp3) is 0.312. The number of methoxy groups -OCH3 is 1. The van der Waals surface area contributed by atoms with Gasteiger partial charge in [0.15, 0.2) is 0 Å². The molecule has 1 saturated heterocycles. The molecular formula is C16H17ClNO4P. The number of ether oxygens (including phenoxy) is 1. The van der Waals surface area contributed by atoms with Gasteiger partial charge in [-0.3, -0.25) is 4.79 Å². The van der Waals surface area contributed by atoms with E-state index in [0.717, 1.165) is 17.2 Å². The molecule has 0 saturated carbocycles. The third-order valence-corrected chi connectivity index (χ3v) is 6.27. The molecule has 0 aromatic heterocycles. The van der Waals surface area contributed by atoms with Gasteiger partial charge in [-0.1, -0.05) is 36.4 Å². The maximum absolute atomic E-state index is 12.9. The lowest BCUT2D eigenvalue weighted by atomic mass is 10.1. The Hall–Kier alpha value is -1.55. The summed E-state index contributed by atoms with van der Waals surface area (Å²) < 4.78 is 24.8. The minimum atomic E-state index is -3.68. The lowest BCUT2D eigenvalue weighted by Gasteiger charge is -2.26. The Bertz CT molecular complexity index is 776. The summed E-state index contributed by atoms with van der Waals surface area (Å²) in [6.07, 6.45) is 1.28. The van der Waals surface area contributed by atoms with Crippen molar-refractivity contribution < 1.29 is 18.6 Å². The summed E-state index contributed by atoms with van der Waals surface area (Å²) in [4.78, 5) is 11.8. The summed E-state index contributed by atoms with van der Waals surface area (Å²) >= 11 is 6.22. The molecule has 1 aliphatic heterocycles. The quantitative estimate of drug-likeness (QED) is 0.609. The molecule has 0 bridgehead atoms. The molecule has 3 rings (SSSR count). The summed E-state index contributed by atoms with van der Waals surface area (Å²) in [7, 11) is 1.31. The van der Waals surface area contributed by atoms with E-state index in [1.54, 1.807) is 6.07 Å². The maximum atomic E-state index is 12.9. The predicted octanol–water partition coefficient (Wildman–Crippen LogP) is 4.20. The Labute approximate surface area is 139 Å². The van der Waals surface area contributed by atoms with Crippen molar-refractivity contribution in [2.75, 3.05) is 13.7 Å². The molecule has 122 valence electrons. The largest absolute Gasteiger partial charge is 0.468 e. The van der Waals surface area contributed by atoms with Crippen LogP contribution in [0.3, 0.4) is 0 Å². The highest BCUT2D eigenvalue weighted by Gasteiger charge is 2.44. The van der Waals surface area contributed by atoms with E-state index in [4.69, 9.17) is 20.5 Å². The maximum Gasteiger partial charge on any atom is 0.412 e. The fourth-order valence-corrected chi connectivity index (χ4v) is 5.06. The van der Waals surface area contributed by atoms with Crippen LogP contribution in [0.5, 0.6) is 5.75 Å². The van der Waals surface area contributed by atoms with E-state index in [9.17, 15) is 9.36 Å². The fourth-order valence-electron chi connectivity index (χ4n) is 2.86. The summed E-state index contributed by atoms with van der Waals surface area (Å²) in [5.41, 5.74) is 0. The summed E-state index contributed by atoms with van der Waals surface area (Å²) in [5, 5.41) is 1.79. The van der Waals surface area contributed by atoms with E-state index >= 15 is 0 Å². The number of hydrogen-bond acceptors (Lipinski definition) is 4. The van der Waals surface area contributed by atoms with E-state index < -0.39 is 18.9 Å². The monoisotopic (exact) mass is 353 g/mol. The van der Waals surface area contributed by atoms with Gasteiger partial charge >= 0.3 is 12.8 Å². The number of fused-ring (bicyclic) bond motifs is 1. The molecule has 2 aromatic rings. The van der Waals surface area contributed by atoms with Crippen LogP contribution in [0.25, 0.3) is 10.8 Å². The number of nitrogens with zero attached hydrogens (tertiary/aromatic N) is 1. The molecule has 1 aliphatic rings. The highest BCUT2D eigenvalue weighted by molar-refractivity contribution is 7.83. The molecule has 0 spiro atoms. The Morgan fingerprint density at radius 2 is 2.00 bits per heavy atom. The van der Waals surface area contributed by atoms with Gasteiger partial charge in [0, 0.05) is 23.2 Å². The molecule has 7 heteroatoms. The smallest absolute Gasteiger partial charge is 0.412 e. The van der Waals surface area contributed by atoms with E-state index in [-0.39, 0.29) is 0 Å². The minimum Gasteiger partial charge on any atom is -0.468 e. The first-order chi connectivity index (χ1) is 11.0. The zero-order valence-electron chi connectivity index (χ0n) is 12.6. The molecule has 2 aromatic carbocycles. The highest BCUT2D eigenvalue weighted by Crippen LogP contribution is 2.59. The normalized spacial score (nSPS) is 21.0. The first-order valence-corrected chi connectivity index (χ1v) is 9.83. The SMILES string of the molecule is COC(=O)[C@@H]1CCCN1P(=O)(Cl)Oc1cccc2ccccc12. The van der Waals surface area contributed by atoms with Gasteiger partial charge < -0.3 is 9.26 Å². The van der Waals surface area contributed by atoms with Gasteiger partial charge in [0.05, 0.1) is 7.11 Å². The van der Waals surface area contributed by atoms with Crippen molar-refractivity contribution in [3.05, 3.63) is 42.5 Å². The zero-order valence-corrected chi connectivity index (χ0v) is 14.3. The highest BCUT2D eigenvalue weighted by atomic mass is 35.7. The lowest BCUT2D eigenvalue weighted by Crippen LogP contribution is -2.34. The van der Waals surface area contributed by atoms with Gasteiger partial charge in [-0.2, -0.15) is 4.67 Å². The zero-order chi connectivity index (χ0) is 16.4. The molecule has 0 amide bonds. The molecule has 0 N–H and O–H groups in total. The van der Waals surface area contributed by atoms with E-state index in [1.807, 2.05) is 36.4 Å². The average Bonchev–Trinajstić information content (AvgIpc) is 3.05. The van der Waals surface area contributed by atoms with Crippen LogP contribution < -0.4 is 4.52 Å². The van der Waals surface area contributed by atoms with Gasteiger partial charge in [0.1, 0.15) is 11.8 Å².